The summed E-state index contributed by atoms with van der Waals surface area (Å²) < 4.78 is 9.11. The number of anilines is 1. The Labute approximate surface area is 184 Å². The standard InChI is InChI=1S/C23H26N4O5/c1-6-32-22(30)20-14(2)19(15(3)27(20)13-16-10-8-7-9-11-16)21(29)24-17-12-18(28)26(5)23(31)25(17)4/h7-12H,6,13H2,1-5H3,(H,24,29). The van der Waals surface area contributed by atoms with E-state index in [4.69, 9.17) is 4.74 Å². The molecule has 0 aliphatic carbocycles. The maximum Gasteiger partial charge on any atom is 0.355 e. The third-order valence-corrected chi connectivity index (χ3v) is 5.41. The normalized spacial score (nSPS) is 10.8. The quantitative estimate of drug-likeness (QED) is 0.593. The maximum absolute atomic E-state index is 13.2. The summed E-state index contributed by atoms with van der Waals surface area (Å²) in [6.07, 6.45) is 0. The van der Waals surface area contributed by atoms with Gasteiger partial charge in [-0.2, -0.15) is 0 Å². The Balaban J connectivity index is 2.09. The molecule has 2 aromatic heterocycles. The van der Waals surface area contributed by atoms with Crippen molar-refractivity contribution >= 4 is 17.7 Å². The molecule has 1 N–H and O–H groups in total. The highest BCUT2D eigenvalue weighted by Gasteiger charge is 2.27. The fourth-order valence-electron chi connectivity index (χ4n) is 3.69. The van der Waals surface area contributed by atoms with E-state index < -0.39 is 23.1 Å². The fourth-order valence-corrected chi connectivity index (χ4v) is 3.69. The van der Waals surface area contributed by atoms with Crippen LogP contribution in [-0.2, 0) is 25.4 Å². The van der Waals surface area contributed by atoms with E-state index in [9.17, 15) is 19.2 Å². The van der Waals surface area contributed by atoms with Gasteiger partial charge in [0.2, 0.25) is 0 Å². The van der Waals surface area contributed by atoms with E-state index in [0.717, 1.165) is 10.1 Å². The lowest BCUT2D eigenvalue weighted by molar-refractivity contribution is 0.0513. The number of hydrogen-bond acceptors (Lipinski definition) is 5. The van der Waals surface area contributed by atoms with Crippen LogP contribution < -0.4 is 16.6 Å². The lowest BCUT2D eigenvalue weighted by Crippen LogP contribution is -2.38. The smallest absolute Gasteiger partial charge is 0.355 e. The van der Waals surface area contributed by atoms with Crippen molar-refractivity contribution in [2.45, 2.75) is 27.3 Å². The number of carbonyl (C=O) groups excluding carboxylic acids is 2. The third kappa shape index (κ3) is 4.14. The molecule has 2 heterocycles. The van der Waals surface area contributed by atoms with E-state index in [2.05, 4.69) is 5.32 Å². The molecule has 1 amide bonds. The van der Waals surface area contributed by atoms with E-state index >= 15 is 0 Å². The number of aromatic nitrogens is 3. The summed E-state index contributed by atoms with van der Waals surface area (Å²) in [4.78, 5) is 50.2. The van der Waals surface area contributed by atoms with Crippen LogP contribution in [0, 0.1) is 13.8 Å². The number of nitrogens with one attached hydrogen (secondary N) is 1. The zero-order valence-corrected chi connectivity index (χ0v) is 18.8. The summed E-state index contributed by atoms with van der Waals surface area (Å²) in [6.45, 7) is 5.72. The van der Waals surface area contributed by atoms with Crippen molar-refractivity contribution in [3.05, 3.63) is 85.3 Å². The Morgan fingerprint density at radius 2 is 1.69 bits per heavy atom. The number of esters is 1. The fraction of sp³-hybridized carbons (Fsp3) is 0.304. The summed E-state index contributed by atoms with van der Waals surface area (Å²) in [6, 6.07) is 10.7. The molecule has 0 fully saturated rings. The molecule has 9 nitrogen and oxygen atoms in total. The van der Waals surface area contributed by atoms with Gasteiger partial charge in [0.05, 0.1) is 12.2 Å². The van der Waals surface area contributed by atoms with Gasteiger partial charge in [-0.1, -0.05) is 30.3 Å². The minimum absolute atomic E-state index is 0.0652. The number of amides is 1. The Bertz CT molecular complexity index is 1300. The summed E-state index contributed by atoms with van der Waals surface area (Å²) in [5.74, 6) is -0.986. The van der Waals surface area contributed by atoms with Gasteiger partial charge in [-0.15, -0.1) is 0 Å². The molecule has 0 spiro atoms. The van der Waals surface area contributed by atoms with Crippen LogP contribution in [0.2, 0.25) is 0 Å². The second kappa shape index (κ2) is 9.09. The zero-order chi connectivity index (χ0) is 23.6. The van der Waals surface area contributed by atoms with E-state index in [1.165, 1.54) is 24.7 Å². The molecule has 9 heteroatoms. The van der Waals surface area contributed by atoms with E-state index in [1.807, 2.05) is 30.3 Å². The van der Waals surface area contributed by atoms with Crippen molar-refractivity contribution in [2.24, 2.45) is 14.1 Å². The molecule has 168 valence electrons. The van der Waals surface area contributed by atoms with Gasteiger partial charge >= 0.3 is 11.7 Å². The molecule has 0 radical (unpaired) electrons. The van der Waals surface area contributed by atoms with Gasteiger partial charge in [-0.25, -0.2) is 9.59 Å². The Kier molecular flexibility index (Phi) is 6.47. The van der Waals surface area contributed by atoms with Crippen LogP contribution in [0.25, 0.3) is 0 Å². The number of nitrogens with zero attached hydrogens (tertiary/aromatic N) is 3. The molecular formula is C23H26N4O5. The second-order valence-electron chi connectivity index (χ2n) is 7.45. The molecule has 1 aromatic carbocycles. The van der Waals surface area contributed by atoms with E-state index in [1.54, 1.807) is 25.3 Å². The van der Waals surface area contributed by atoms with E-state index in [-0.39, 0.29) is 23.7 Å². The zero-order valence-electron chi connectivity index (χ0n) is 18.8. The number of hydrogen-bond donors (Lipinski definition) is 1. The molecule has 0 saturated carbocycles. The first kappa shape index (κ1) is 22.8. The Morgan fingerprint density at radius 1 is 1.03 bits per heavy atom. The summed E-state index contributed by atoms with van der Waals surface area (Å²) in [7, 11) is 2.82. The second-order valence-corrected chi connectivity index (χ2v) is 7.45. The maximum atomic E-state index is 13.2. The third-order valence-electron chi connectivity index (χ3n) is 5.41. The van der Waals surface area contributed by atoms with Gasteiger partial charge in [0.1, 0.15) is 11.5 Å². The first-order chi connectivity index (χ1) is 15.2. The molecule has 3 aromatic rings. The van der Waals surface area contributed by atoms with Crippen molar-refractivity contribution < 1.29 is 14.3 Å². The molecule has 0 bridgehead atoms. The minimum Gasteiger partial charge on any atom is -0.461 e. The highest BCUT2D eigenvalue weighted by Crippen LogP contribution is 2.25. The van der Waals surface area contributed by atoms with E-state index in [0.29, 0.717) is 17.8 Å². The number of benzene rings is 1. The average Bonchev–Trinajstić information content (AvgIpc) is 3.00. The van der Waals surface area contributed by atoms with Crippen LogP contribution in [0.15, 0.2) is 46.0 Å². The highest BCUT2D eigenvalue weighted by molar-refractivity contribution is 6.08. The average molecular weight is 438 g/mol. The first-order valence-electron chi connectivity index (χ1n) is 10.2. The van der Waals surface area contributed by atoms with Gasteiger partial charge in [-0.3, -0.25) is 18.7 Å². The molecule has 0 unspecified atom stereocenters. The summed E-state index contributed by atoms with van der Waals surface area (Å²) >= 11 is 0. The van der Waals surface area contributed by atoms with Gasteiger partial charge < -0.3 is 14.6 Å². The Morgan fingerprint density at radius 3 is 2.31 bits per heavy atom. The molecule has 0 atom stereocenters. The first-order valence-corrected chi connectivity index (χ1v) is 10.2. The number of carbonyl (C=O) groups is 2. The van der Waals surface area contributed by atoms with Crippen LogP contribution in [0.1, 0.15) is 44.6 Å². The lowest BCUT2D eigenvalue weighted by atomic mass is 10.1. The van der Waals surface area contributed by atoms with Crippen LogP contribution in [0.4, 0.5) is 5.82 Å². The largest absolute Gasteiger partial charge is 0.461 e. The predicted molar refractivity (Wildman–Crippen MR) is 120 cm³/mol. The van der Waals surface area contributed by atoms with Crippen LogP contribution >= 0.6 is 0 Å². The highest BCUT2D eigenvalue weighted by atomic mass is 16.5. The topological polar surface area (TPSA) is 104 Å². The Hall–Kier alpha value is -3.88. The molecule has 0 aliphatic heterocycles. The number of rotatable bonds is 6. The van der Waals surface area contributed by atoms with Gasteiger partial charge in [-0.05, 0) is 31.9 Å². The van der Waals surface area contributed by atoms with Crippen LogP contribution in [0.3, 0.4) is 0 Å². The lowest BCUT2D eigenvalue weighted by Gasteiger charge is -2.12. The van der Waals surface area contributed by atoms with Gasteiger partial charge in [0, 0.05) is 32.4 Å². The van der Waals surface area contributed by atoms with Crippen LogP contribution in [-0.4, -0.2) is 32.2 Å². The van der Waals surface area contributed by atoms with Crippen molar-refractivity contribution in [3.8, 4) is 0 Å². The summed E-state index contributed by atoms with van der Waals surface area (Å²) in [5.41, 5.74) is 1.47. The van der Waals surface area contributed by atoms with Gasteiger partial charge in [0.25, 0.3) is 11.5 Å². The molecule has 0 saturated heterocycles. The number of ether oxygens (including phenoxy) is 1. The van der Waals surface area contributed by atoms with Crippen LogP contribution in [0.5, 0.6) is 0 Å². The van der Waals surface area contributed by atoms with Crippen molar-refractivity contribution in [2.75, 3.05) is 11.9 Å². The van der Waals surface area contributed by atoms with Crippen molar-refractivity contribution in [1.82, 2.24) is 13.7 Å². The predicted octanol–water partition coefficient (Wildman–Crippen LogP) is 1.98. The molecular weight excluding hydrogens is 412 g/mol. The van der Waals surface area contributed by atoms with Crippen molar-refractivity contribution in [1.29, 1.82) is 0 Å². The molecule has 32 heavy (non-hydrogen) atoms. The summed E-state index contributed by atoms with van der Waals surface area (Å²) in [5, 5.41) is 2.64. The van der Waals surface area contributed by atoms with Crippen molar-refractivity contribution in [3.63, 3.8) is 0 Å². The SMILES string of the molecule is CCOC(=O)c1c(C)c(C(=O)Nc2cc(=O)n(C)c(=O)n2C)c(C)n1Cc1ccccc1. The van der Waals surface area contributed by atoms with Gasteiger partial charge in [0.15, 0.2) is 0 Å². The molecule has 0 aliphatic rings. The minimum atomic E-state index is -0.560. The molecule has 3 rings (SSSR count). The monoisotopic (exact) mass is 438 g/mol.